The molecule has 1 amide bonds. The van der Waals surface area contributed by atoms with Crippen molar-refractivity contribution < 1.29 is 24.0 Å². The molecule has 0 bridgehead atoms. The lowest BCUT2D eigenvalue weighted by Crippen LogP contribution is -2.42. The number of rotatable bonds is 3. The van der Waals surface area contributed by atoms with E-state index in [9.17, 15) is 19.7 Å². The monoisotopic (exact) mass is 268 g/mol. The van der Waals surface area contributed by atoms with Crippen LogP contribution in [-0.2, 0) is 4.79 Å². The predicted molar refractivity (Wildman–Crippen MR) is 61.6 cm³/mol. The van der Waals surface area contributed by atoms with E-state index in [0.29, 0.717) is 19.4 Å². The molecule has 0 saturated carbocycles. The molecule has 0 aliphatic carbocycles. The molecule has 8 heteroatoms. The third kappa shape index (κ3) is 2.72. The Morgan fingerprint density at radius 2 is 2.21 bits per heavy atom. The van der Waals surface area contributed by atoms with Crippen LogP contribution in [0.4, 0.5) is 5.88 Å². The zero-order chi connectivity index (χ0) is 14.0. The number of carbonyl (C=O) groups is 2. The van der Waals surface area contributed by atoms with Gasteiger partial charge in [0.15, 0.2) is 5.76 Å². The Bertz CT molecular complexity index is 523. The molecule has 8 nitrogen and oxygen atoms in total. The van der Waals surface area contributed by atoms with Crippen molar-refractivity contribution >= 4 is 17.8 Å². The van der Waals surface area contributed by atoms with Gasteiger partial charge in [0.25, 0.3) is 5.91 Å². The minimum atomic E-state index is -0.942. The summed E-state index contributed by atoms with van der Waals surface area (Å²) in [5, 5.41) is 19.4. The van der Waals surface area contributed by atoms with Gasteiger partial charge in [-0.2, -0.15) is 0 Å². The average molecular weight is 268 g/mol. The molecule has 0 spiro atoms. The topological polar surface area (TPSA) is 114 Å². The molecule has 0 radical (unpaired) electrons. The van der Waals surface area contributed by atoms with Crippen LogP contribution >= 0.6 is 0 Å². The first kappa shape index (κ1) is 13.1. The van der Waals surface area contributed by atoms with Gasteiger partial charge >= 0.3 is 11.9 Å². The number of nitrogens with zero attached hydrogens (tertiary/aromatic N) is 2. The average Bonchev–Trinajstić information content (AvgIpc) is 2.87. The fourth-order valence-electron chi connectivity index (χ4n) is 2.06. The van der Waals surface area contributed by atoms with Gasteiger partial charge in [-0.1, -0.05) is 0 Å². The molecule has 1 unspecified atom stereocenters. The van der Waals surface area contributed by atoms with Crippen molar-refractivity contribution in [2.45, 2.75) is 12.8 Å². The summed E-state index contributed by atoms with van der Waals surface area (Å²) in [5.74, 6) is -2.70. The number of hydrogen-bond donors (Lipinski definition) is 1. The lowest BCUT2D eigenvalue weighted by molar-refractivity contribution is -0.402. The summed E-state index contributed by atoms with van der Waals surface area (Å²) in [4.78, 5) is 34.0. The number of furan rings is 1. The number of nitro groups is 1. The van der Waals surface area contributed by atoms with E-state index in [-0.39, 0.29) is 12.3 Å². The van der Waals surface area contributed by atoms with Gasteiger partial charge in [-0.25, -0.2) is 0 Å². The number of carbonyl (C=O) groups excluding carboxylic acids is 1. The Morgan fingerprint density at radius 3 is 2.79 bits per heavy atom. The number of amides is 1. The third-order valence-electron chi connectivity index (χ3n) is 3.04. The lowest BCUT2D eigenvalue weighted by Gasteiger charge is -2.29. The molecule has 1 aromatic rings. The van der Waals surface area contributed by atoms with E-state index in [1.165, 1.54) is 11.0 Å². The van der Waals surface area contributed by atoms with Crippen molar-refractivity contribution in [2.24, 2.45) is 5.92 Å². The summed E-state index contributed by atoms with van der Waals surface area (Å²) >= 11 is 0. The van der Waals surface area contributed by atoms with Crippen molar-refractivity contribution in [3.8, 4) is 0 Å². The Balaban J connectivity index is 2.10. The second kappa shape index (κ2) is 5.09. The third-order valence-corrected chi connectivity index (χ3v) is 3.04. The highest BCUT2D eigenvalue weighted by molar-refractivity contribution is 5.92. The first-order valence-corrected chi connectivity index (χ1v) is 5.75. The summed E-state index contributed by atoms with van der Waals surface area (Å²) < 4.78 is 4.82. The van der Waals surface area contributed by atoms with E-state index in [1.807, 2.05) is 0 Å². The van der Waals surface area contributed by atoms with Crippen LogP contribution in [0.15, 0.2) is 16.5 Å². The fourth-order valence-corrected chi connectivity index (χ4v) is 2.06. The maximum Gasteiger partial charge on any atom is 0.433 e. The molecule has 1 aromatic heterocycles. The standard InChI is InChI=1S/C11H12N2O6/c14-10(8-3-4-9(19-8)13(17)18)12-5-1-2-7(6-12)11(15)16/h3-4,7H,1-2,5-6H2,(H,15,16). The molecule has 1 fully saturated rings. The molecule has 1 atom stereocenters. The quantitative estimate of drug-likeness (QED) is 0.649. The van der Waals surface area contributed by atoms with E-state index in [1.54, 1.807) is 0 Å². The summed E-state index contributed by atoms with van der Waals surface area (Å²) in [7, 11) is 0. The van der Waals surface area contributed by atoms with Gasteiger partial charge in [0, 0.05) is 13.1 Å². The van der Waals surface area contributed by atoms with Crippen LogP contribution < -0.4 is 0 Å². The van der Waals surface area contributed by atoms with Gasteiger partial charge in [0.2, 0.25) is 0 Å². The molecule has 1 aliphatic heterocycles. The molecular weight excluding hydrogens is 256 g/mol. The number of piperidine rings is 1. The Kier molecular flexibility index (Phi) is 3.50. The van der Waals surface area contributed by atoms with Crippen LogP contribution in [0.2, 0.25) is 0 Å². The summed E-state index contributed by atoms with van der Waals surface area (Å²) in [6, 6.07) is 2.33. The van der Waals surface area contributed by atoms with Gasteiger partial charge < -0.3 is 14.4 Å². The Hall–Kier alpha value is -2.38. The number of hydrogen-bond acceptors (Lipinski definition) is 5. The molecule has 2 heterocycles. The predicted octanol–water partition coefficient (Wildman–Crippen LogP) is 1.12. The van der Waals surface area contributed by atoms with Crippen molar-refractivity contribution in [1.82, 2.24) is 4.90 Å². The number of aliphatic carboxylic acids is 1. The summed E-state index contributed by atoms with van der Waals surface area (Å²) in [5.41, 5.74) is 0. The smallest absolute Gasteiger partial charge is 0.433 e. The molecule has 1 saturated heterocycles. The maximum absolute atomic E-state index is 12.0. The van der Waals surface area contributed by atoms with Crippen molar-refractivity contribution in [2.75, 3.05) is 13.1 Å². The minimum absolute atomic E-state index is 0.0999. The van der Waals surface area contributed by atoms with E-state index in [2.05, 4.69) is 0 Å². The Labute approximate surface area is 107 Å². The molecule has 19 heavy (non-hydrogen) atoms. The Morgan fingerprint density at radius 1 is 1.47 bits per heavy atom. The zero-order valence-electron chi connectivity index (χ0n) is 9.94. The first-order chi connectivity index (χ1) is 8.99. The fraction of sp³-hybridized carbons (Fsp3) is 0.455. The zero-order valence-corrected chi connectivity index (χ0v) is 9.94. The minimum Gasteiger partial charge on any atom is -0.481 e. The second-order valence-corrected chi connectivity index (χ2v) is 4.32. The number of likely N-dealkylation sites (tertiary alicyclic amines) is 1. The number of carboxylic acids is 1. The van der Waals surface area contributed by atoms with Gasteiger partial charge in [-0.15, -0.1) is 0 Å². The summed E-state index contributed by atoms with van der Waals surface area (Å²) in [6.07, 6.45) is 1.11. The highest BCUT2D eigenvalue weighted by Crippen LogP contribution is 2.21. The van der Waals surface area contributed by atoms with Crippen LogP contribution in [-0.4, -0.2) is 39.9 Å². The van der Waals surface area contributed by atoms with Crippen LogP contribution in [0.5, 0.6) is 0 Å². The van der Waals surface area contributed by atoms with Crippen molar-refractivity contribution in [3.05, 3.63) is 28.0 Å². The first-order valence-electron chi connectivity index (χ1n) is 5.75. The highest BCUT2D eigenvalue weighted by Gasteiger charge is 2.30. The maximum atomic E-state index is 12.0. The normalized spacial score (nSPS) is 19.2. The molecule has 1 aliphatic rings. The molecule has 2 rings (SSSR count). The van der Waals surface area contributed by atoms with E-state index >= 15 is 0 Å². The molecule has 102 valence electrons. The van der Waals surface area contributed by atoms with Gasteiger partial charge in [0.1, 0.15) is 4.92 Å². The van der Waals surface area contributed by atoms with Crippen LogP contribution in [0.3, 0.4) is 0 Å². The van der Waals surface area contributed by atoms with Crippen molar-refractivity contribution in [3.63, 3.8) is 0 Å². The van der Waals surface area contributed by atoms with Crippen LogP contribution in [0, 0.1) is 16.0 Å². The van der Waals surface area contributed by atoms with Gasteiger partial charge in [0.05, 0.1) is 12.0 Å². The van der Waals surface area contributed by atoms with E-state index in [0.717, 1.165) is 6.07 Å². The largest absolute Gasteiger partial charge is 0.481 e. The lowest BCUT2D eigenvalue weighted by atomic mass is 9.98. The van der Waals surface area contributed by atoms with E-state index < -0.39 is 28.6 Å². The second-order valence-electron chi connectivity index (χ2n) is 4.32. The van der Waals surface area contributed by atoms with Gasteiger partial charge in [-0.05, 0) is 18.9 Å². The SMILES string of the molecule is O=C(O)C1CCCN(C(=O)c2ccc([N+](=O)[O-])o2)C1. The number of carboxylic acid groups (broad SMARTS) is 1. The summed E-state index contributed by atoms with van der Waals surface area (Å²) in [6.45, 7) is 0.528. The van der Waals surface area contributed by atoms with E-state index in [4.69, 9.17) is 9.52 Å². The highest BCUT2D eigenvalue weighted by atomic mass is 16.6. The molecular formula is C11H12N2O6. The van der Waals surface area contributed by atoms with Gasteiger partial charge in [-0.3, -0.25) is 19.7 Å². The molecule has 1 N–H and O–H groups in total. The van der Waals surface area contributed by atoms with Crippen LogP contribution in [0.25, 0.3) is 0 Å². The van der Waals surface area contributed by atoms with Crippen LogP contribution in [0.1, 0.15) is 23.4 Å². The molecule has 0 aromatic carbocycles. The van der Waals surface area contributed by atoms with Crippen molar-refractivity contribution in [1.29, 1.82) is 0 Å².